The normalized spacial score (nSPS) is 11.2. The summed E-state index contributed by atoms with van der Waals surface area (Å²) in [5, 5.41) is 0.435. The highest BCUT2D eigenvalue weighted by atomic mass is 19.3. The Morgan fingerprint density at radius 1 is 1.27 bits per heavy atom. The molecule has 15 heavy (non-hydrogen) atoms. The Morgan fingerprint density at radius 3 is 2.67 bits per heavy atom. The molecule has 0 spiro atoms. The first-order chi connectivity index (χ1) is 7.08. The summed E-state index contributed by atoms with van der Waals surface area (Å²) >= 11 is 0. The number of aromatic amines is 1. The molecule has 0 amide bonds. The molecule has 1 aromatic heterocycles. The zero-order chi connectivity index (χ0) is 11.0. The van der Waals surface area contributed by atoms with E-state index in [0.717, 1.165) is 11.6 Å². The van der Waals surface area contributed by atoms with Crippen LogP contribution in [0, 0.1) is 6.92 Å². The zero-order valence-electron chi connectivity index (χ0n) is 8.05. The number of halogens is 2. The minimum atomic E-state index is -2.65. The second kappa shape index (κ2) is 3.46. The molecule has 0 aliphatic rings. The fourth-order valence-corrected chi connectivity index (χ4v) is 1.50. The number of alkyl halides is 2. The highest BCUT2D eigenvalue weighted by Gasteiger charge is 2.10. The van der Waals surface area contributed by atoms with Crippen LogP contribution < -0.4 is 5.43 Å². The number of pyridine rings is 1. The summed E-state index contributed by atoms with van der Waals surface area (Å²) in [7, 11) is 0. The number of benzene rings is 1. The minimum absolute atomic E-state index is 0.335. The van der Waals surface area contributed by atoms with E-state index < -0.39 is 6.43 Å². The maximum absolute atomic E-state index is 12.4. The lowest BCUT2D eigenvalue weighted by molar-refractivity contribution is 0.146. The molecule has 0 atom stereocenters. The summed E-state index contributed by atoms with van der Waals surface area (Å²) in [6.07, 6.45) is -2.65. The largest absolute Gasteiger partial charge is 0.354 e. The first-order valence-electron chi connectivity index (χ1n) is 4.49. The van der Waals surface area contributed by atoms with Crippen molar-refractivity contribution in [2.75, 3.05) is 0 Å². The van der Waals surface area contributed by atoms with Crippen LogP contribution >= 0.6 is 0 Å². The Morgan fingerprint density at radius 2 is 2.00 bits per heavy atom. The van der Waals surface area contributed by atoms with Gasteiger partial charge in [-0.3, -0.25) is 4.79 Å². The summed E-state index contributed by atoms with van der Waals surface area (Å²) in [6, 6.07) is 6.04. The first kappa shape index (κ1) is 9.83. The number of fused-ring (bicyclic) bond motifs is 1. The van der Waals surface area contributed by atoms with E-state index in [4.69, 9.17) is 0 Å². The van der Waals surface area contributed by atoms with Gasteiger partial charge >= 0.3 is 0 Å². The van der Waals surface area contributed by atoms with E-state index >= 15 is 0 Å². The molecule has 1 heterocycles. The van der Waals surface area contributed by atoms with E-state index in [9.17, 15) is 13.6 Å². The van der Waals surface area contributed by atoms with Crippen LogP contribution in [0.4, 0.5) is 8.78 Å². The molecule has 0 aliphatic heterocycles. The highest BCUT2D eigenvalue weighted by molar-refractivity contribution is 5.79. The molecule has 0 aliphatic carbocycles. The van der Waals surface area contributed by atoms with Crippen LogP contribution in [0.5, 0.6) is 0 Å². The van der Waals surface area contributed by atoms with Gasteiger partial charge in [0.15, 0.2) is 5.43 Å². The molecule has 1 aromatic carbocycles. The maximum Gasteiger partial charge on any atom is 0.278 e. The number of H-pyrrole nitrogens is 1. The topological polar surface area (TPSA) is 32.9 Å². The van der Waals surface area contributed by atoms with Crippen LogP contribution in [-0.2, 0) is 0 Å². The Bertz CT molecular complexity index is 560. The molecule has 2 rings (SSSR count). The molecule has 2 nitrogen and oxygen atoms in total. The standard InChI is InChI=1S/C11H9F2NO/c1-6-2-3-7-8(4-6)14-9(11(12)13)5-10(7)15/h2-5,11H,1H3,(H,14,15). The minimum Gasteiger partial charge on any atom is -0.354 e. The number of hydrogen-bond donors (Lipinski definition) is 1. The molecule has 1 N–H and O–H groups in total. The molecular formula is C11H9F2NO. The Kier molecular flexibility index (Phi) is 2.26. The van der Waals surface area contributed by atoms with Gasteiger partial charge in [0.05, 0.1) is 5.69 Å². The van der Waals surface area contributed by atoms with Crippen molar-refractivity contribution in [1.29, 1.82) is 0 Å². The molecule has 0 fully saturated rings. The third kappa shape index (κ3) is 1.75. The van der Waals surface area contributed by atoms with Gasteiger partial charge in [0.2, 0.25) is 0 Å². The molecule has 0 unspecified atom stereocenters. The monoisotopic (exact) mass is 209 g/mol. The Balaban J connectivity index is 2.80. The quantitative estimate of drug-likeness (QED) is 0.769. The number of rotatable bonds is 1. The number of hydrogen-bond acceptors (Lipinski definition) is 1. The third-order valence-corrected chi connectivity index (χ3v) is 2.24. The number of aryl methyl sites for hydroxylation is 1. The molecule has 0 saturated carbocycles. The van der Waals surface area contributed by atoms with Gasteiger partial charge in [0, 0.05) is 17.0 Å². The van der Waals surface area contributed by atoms with Crippen molar-refractivity contribution in [3.05, 3.63) is 45.7 Å². The summed E-state index contributed by atoms with van der Waals surface area (Å²) in [6.45, 7) is 1.84. The van der Waals surface area contributed by atoms with E-state index in [1.165, 1.54) is 0 Å². The van der Waals surface area contributed by atoms with Gasteiger partial charge in [-0.2, -0.15) is 0 Å². The van der Waals surface area contributed by atoms with Gasteiger partial charge < -0.3 is 4.98 Å². The first-order valence-corrected chi connectivity index (χ1v) is 4.49. The summed E-state index contributed by atoms with van der Waals surface area (Å²) in [5.74, 6) is 0. The van der Waals surface area contributed by atoms with E-state index in [1.807, 2.05) is 6.92 Å². The molecule has 0 bridgehead atoms. The SMILES string of the molecule is Cc1ccc2c(=O)cc(C(F)F)[nH]c2c1. The smallest absolute Gasteiger partial charge is 0.278 e. The van der Waals surface area contributed by atoms with E-state index in [0.29, 0.717) is 10.9 Å². The maximum atomic E-state index is 12.4. The van der Waals surface area contributed by atoms with Crippen molar-refractivity contribution in [3.8, 4) is 0 Å². The summed E-state index contributed by atoms with van der Waals surface area (Å²) in [5.41, 5.74) is 0.666. The van der Waals surface area contributed by atoms with Gasteiger partial charge in [-0.15, -0.1) is 0 Å². The number of nitrogens with one attached hydrogen (secondary N) is 1. The highest BCUT2D eigenvalue weighted by Crippen LogP contribution is 2.18. The van der Waals surface area contributed by atoms with Crippen molar-refractivity contribution in [2.24, 2.45) is 0 Å². The van der Waals surface area contributed by atoms with E-state index in [1.54, 1.807) is 18.2 Å². The lowest BCUT2D eigenvalue weighted by atomic mass is 10.1. The Hall–Kier alpha value is -1.71. The van der Waals surface area contributed by atoms with Crippen molar-refractivity contribution in [2.45, 2.75) is 13.3 Å². The second-order valence-corrected chi connectivity index (χ2v) is 3.44. The lowest BCUT2D eigenvalue weighted by Crippen LogP contribution is -2.05. The average Bonchev–Trinajstić information content (AvgIpc) is 2.16. The van der Waals surface area contributed by atoms with Crippen molar-refractivity contribution in [3.63, 3.8) is 0 Å². The van der Waals surface area contributed by atoms with Crippen LogP contribution in [-0.4, -0.2) is 4.98 Å². The van der Waals surface area contributed by atoms with E-state index in [-0.39, 0.29) is 11.1 Å². The molecule has 2 aromatic rings. The van der Waals surface area contributed by atoms with Crippen LogP contribution in [0.2, 0.25) is 0 Å². The second-order valence-electron chi connectivity index (χ2n) is 3.44. The fraction of sp³-hybridized carbons (Fsp3) is 0.182. The van der Waals surface area contributed by atoms with Gasteiger partial charge in [-0.1, -0.05) is 6.07 Å². The van der Waals surface area contributed by atoms with Crippen molar-refractivity contribution in [1.82, 2.24) is 4.98 Å². The van der Waals surface area contributed by atoms with Crippen molar-refractivity contribution < 1.29 is 8.78 Å². The third-order valence-electron chi connectivity index (χ3n) is 2.24. The summed E-state index contributed by atoms with van der Waals surface area (Å²) in [4.78, 5) is 14.0. The molecular weight excluding hydrogens is 200 g/mol. The van der Waals surface area contributed by atoms with Gasteiger partial charge in [0.25, 0.3) is 6.43 Å². The van der Waals surface area contributed by atoms with Crippen LogP contribution in [0.1, 0.15) is 17.7 Å². The lowest BCUT2D eigenvalue weighted by Gasteiger charge is -2.03. The van der Waals surface area contributed by atoms with Crippen LogP contribution in [0.25, 0.3) is 10.9 Å². The van der Waals surface area contributed by atoms with Gasteiger partial charge in [-0.05, 0) is 24.6 Å². The average molecular weight is 209 g/mol. The molecule has 0 saturated heterocycles. The Labute approximate surface area is 84.6 Å². The molecule has 4 heteroatoms. The van der Waals surface area contributed by atoms with Gasteiger partial charge in [-0.25, -0.2) is 8.78 Å². The fourth-order valence-electron chi connectivity index (χ4n) is 1.50. The van der Waals surface area contributed by atoms with Crippen molar-refractivity contribution >= 4 is 10.9 Å². The number of aromatic nitrogens is 1. The summed E-state index contributed by atoms with van der Waals surface area (Å²) < 4.78 is 24.8. The van der Waals surface area contributed by atoms with Gasteiger partial charge in [0.1, 0.15) is 0 Å². The zero-order valence-corrected chi connectivity index (χ0v) is 8.05. The predicted molar refractivity (Wildman–Crippen MR) is 54.3 cm³/mol. The molecule has 78 valence electrons. The van der Waals surface area contributed by atoms with E-state index in [2.05, 4.69) is 4.98 Å². The van der Waals surface area contributed by atoms with Crippen LogP contribution in [0.15, 0.2) is 29.1 Å². The predicted octanol–water partition coefficient (Wildman–Crippen LogP) is 2.77. The molecule has 0 radical (unpaired) electrons. The van der Waals surface area contributed by atoms with Crippen LogP contribution in [0.3, 0.4) is 0 Å².